The van der Waals surface area contributed by atoms with E-state index in [2.05, 4.69) is 39.8 Å². The van der Waals surface area contributed by atoms with E-state index < -0.39 is 0 Å². The highest BCUT2D eigenvalue weighted by Gasteiger charge is 2.36. The van der Waals surface area contributed by atoms with E-state index in [1.807, 2.05) is 55.4 Å². The fourth-order valence-electron chi connectivity index (χ4n) is 5.50. The van der Waals surface area contributed by atoms with Gasteiger partial charge in [0.05, 0.1) is 6.04 Å². The third-order valence-corrected chi connectivity index (χ3v) is 7.92. The Morgan fingerprint density at radius 3 is 2.24 bits per heavy atom. The molecule has 4 rings (SSSR count). The number of likely N-dealkylation sites (N-methyl/N-ethyl adjacent to an activating group) is 1. The van der Waals surface area contributed by atoms with E-state index in [1.165, 1.54) is 29.3 Å². The molecule has 3 aromatic rings. The minimum Gasteiger partial charge on any atom is -0.351 e. The number of halogens is 1. The molecule has 41 heavy (non-hydrogen) atoms. The summed E-state index contributed by atoms with van der Waals surface area (Å²) in [6, 6.07) is 26.5. The van der Waals surface area contributed by atoms with Crippen LogP contribution in [-0.2, 0) is 9.59 Å². The normalized spacial score (nSPS) is 18.1. The van der Waals surface area contributed by atoms with Crippen molar-refractivity contribution < 1.29 is 14.0 Å². The molecule has 2 atom stereocenters. The van der Waals surface area contributed by atoms with Gasteiger partial charge in [0.15, 0.2) is 0 Å². The van der Waals surface area contributed by atoms with E-state index in [9.17, 15) is 14.0 Å². The number of carbonyl (C=O) groups excluding carboxylic acids is 2. The molecule has 2 unspecified atom stereocenters. The Kier molecular flexibility index (Phi) is 11.2. The summed E-state index contributed by atoms with van der Waals surface area (Å²) in [5, 5.41) is 6.21. The topological polar surface area (TPSA) is 64.7 Å². The van der Waals surface area contributed by atoms with Crippen molar-refractivity contribution >= 4 is 17.9 Å². The van der Waals surface area contributed by atoms with Crippen molar-refractivity contribution in [1.82, 2.24) is 20.4 Å². The van der Waals surface area contributed by atoms with Crippen molar-refractivity contribution in [2.45, 2.75) is 37.3 Å². The van der Waals surface area contributed by atoms with Crippen molar-refractivity contribution in [3.8, 4) is 0 Å². The Balaban J connectivity index is 1.49. The van der Waals surface area contributed by atoms with Gasteiger partial charge in [0, 0.05) is 37.7 Å². The summed E-state index contributed by atoms with van der Waals surface area (Å²) in [5.74, 6) is -0.312. The molecule has 3 aromatic carbocycles. The zero-order chi connectivity index (χ0) is 29.0. The maximum absolute atomic E-state index is 14.1. The first-order chi connectivity index (χ1) is 20.0. The van der Waals surface area contributed by atoms with E-state index in [0.717, 1.165) is 31.4 Å². The fraction of sp³-hybridized carbons (Fsp3) is 0.353. The Hall–Kier alpha value is -3.81. The van der Waals surface area contributed by atoms with Crippen molar-refractivity contribution in [2.24, 2.45) is 0 Å². The van der Waals surface area contributed by atoms with Gasteiger partial charge in [-0.3, -0.25) is 14.5 Å². The van der Waals surface area contributed by atoms with Crippen LogP contribution in [0.5, 0.6) is 0 Å². The molecule has 2 N–H and O–H groups in total. The average Bonchev–Trinajstić information content (AvgIpc) is 3.11. The average molecular weight is 557 g/mol. The van der Waals surface area contributed by atoms with Gasteiger partial charge in [-0.15, -0.1) is 0 Å². The molecule has 1 aliphatic heterocycles. The van der Waals surface area contributed by atoms with E-state index in [0.29, 0.717) is 19.6 Å². The third kappa shape index (κ3) is 8.59. The highest BCUT2D eigenvalue weighted by Crippen LogP contribution is 2.28. The van der Waals surface area contributed by atoms with Gasteiger partial charge in [-0.2, -0.15) is 0 Å². The SMILES string of the molecule is CNCCCC1C(=O)N(CC(c2ccccc2)c2ccccc2)CCC(CNC(=O)/C=C/c2ccc(F)cc2)N1C. The zero-order valence-corrected chi connectivity index (χ0v) is 24.0. The number of rotatable bonds is 12. The molecule has 216 valence electrons. The van der Waals surface area contributed by atoms with Gasteiger partial charge < -0.3 is 15.5 Å². The molecule has 0 bridgehead atoms. The van der Waals surface area contributed by atoms with E-state index in [4.69, 9.17) is 0 Å². The van der Waals surface area contributed by atoms with Crippen LogP contribution in [-0.4, -0.2) is 74.0 Å². The monoisotopic (exact) mass is 556 g/mol. The molecule has 2 amide bonds. The maximum Gasteiger partial charge on any atom is 0.244 e. The molecule has 1 saturated heterocycles. The Morgan fingerprint density at radius 1 is 1.00 bits per heavy atom. The van der Waals surface area contributed by atoms with E-state index in [-0.39, 0.29) is 35.6 Å². The number of amides is 2. The Morgan fingerprint density at radius 2 is 1.63 bits per heavy atom. The van der Waals surface area contributed by atoms with Crippen LogP contribution in [0.1, 0.15) is 41.9 Å². The first-order valence-corrected chi connectivity index (χ1v) is 14.4. The summed E-state index contributed by atoms with van der Waals surface area (Å²) in [6.07, 6.45) is 5.51. The molecule has 0 aromatic heterocycles. The first kappa shape index (κ1) is 30.2. The molecule has 1 heterocycles. The highest BCUT2D eigenvalue weighted by atomic mass is 19.1. The summed E-state index contributed by atoms with van der Waals surface area (Å²) in [4.78, 5) is 30.9. The van der Waals surface area contributed by atoms with Crippen molar-refractivity contribution in [3.63, 3.8) is 0 Å². The quantitative estimate of drug-likeness (QED) is 0.251. The molecule has 0 radical (unpaired) electrons. The molecule has 0 aliphatic carbocycles. The molecule has 0 spiro atoms. The lowest BCUT2D eigenvalue weighted by Crippen LogP contribution is -2.50. The van der Waals surface area contributed by atoms with E-state index in [1.54, 1.807) is 18.2 Å². The van der Waals surface area contributed by atoms with Gasteiger partial charge in [0.25, 0.3) is 0 Å². The summed E-state index contributed by atoms with van der Waals surface area (Å²) in [6.45, 7) is 2.49. The summed E-state index contributed by atoms with van der Waals surface area (Å²) >= 11 is 0. The van der Waals surface area contributed by atoms with Gasteiger partial charge in [0.1, 0.15) is 5.82 Å². The molecule has 6 nitrogen and oxygen atoms in total. The largest absolute Gasteiger partial charge is 0.351 e. The molecular weight excluding hydrogens is 515 g/mol. The van der Waals surface area contributed by atoms with Gasteiger partial charge in [0.2, 0.25) is 11.8 Å². The van der Waals surface area contributed by atoms with Crippen molar-refractivity contribution in [3.05, 3.63) is 114 Å². The predicted octanol–water partition coefficient (Wildman–Crippen LogP) is 4.69. The minimum absolute atomic E-state index is 0.0126. The zero-order valence-electron chi connectivity index (χ0n) is 24.0. The van der Waals surface area contributed by atoms with Crippen LogP contribution in [0, 0.1) is 5.82 Å². The number of hydrogen-bond donors (Lipinski definition) is 2. The lowest BCUT2D eigenvalue weighted by atomic mass is 9.90. The third-order valence-electron chi connectivity index (χ3n) is 7.92. The number of nitrogens with zero attached hydrogens (tertiary/aromatic N) is 2. The summed E-state index contributed by atoms with van der Waals surface area (Å²) in [7, 11) is 3.93. The van der Waals surface area contributed by atoms with Crippen LogP contribution in [0.15, 0.2) is 91.0 Å². The number of benzene rings is 3. The molecule has 1 fully saturated rings. The van der Waals surface area contributed by atoms with Gasteiger partial charge >= 0.3 is 0 Å². The van der Waals surface area contributed by atoms with Crippen molar-refractivity contribution in [1.29, 1.82) is 0 Å². The van der Waals surface area contributed by atoms with Crippen LogP contribution in [0.25, 0.3) is 6.08 Å². The van der Waals surface area contributed by atoms with Gasteiger partial charge in [-0.1, -0.05) is 72.8 Å². The number of carbonyl (C=O) groups is 2. The maximum atomic E-state index is 14.1. The van der Waals surface area contributed by atoms with Crippen LogP contribution in [0.4, 0.5) is 4.39 Å². The van der Waals surface area contributed by atoms with Crippen LogP contribution in [0.2, 0.25) is 0 Å². The fourth-order valence-corrected chi connectivity index (χ4v) is 5.50. The van der Waals surface area contributed by atoms with Crippen LogP contribution in [0.3, 0.4) is 0 Å². The van der Waals surface area contributed by atoms with Gasteiger partial charge in [-0.05, 0) is 74.8 Å². The highest BCUT2D eigenvalue weighted by molar-refractivity contribution is 5.91. The van der Waals surface area contributed by atoms with Crippen LogP contribution >= 0.6 is 0 Å². The predicted molar refractivity (Wildman–Crippen MR) is 163 cm³/mol. The molecule has 0 saturated carbocycles. The van der Waals surface area contributed by atoms with Crippen LogP contribution < -0.4 is 10.6 Å². The number of hydrogen-bond acceptors (Lipinski definition) is 4. The lowest BCUT2D eigenvalue weighted by Gasteiger charge is -2.33. The minimum atomic E-state index is -0.310. The molecule has 1 aliphatic rings. The standard InChI is InChI=1S/C34H41FN4O2/c1-36-22-9-14-32-34(41)39(25-31(27-10-5-3-6-11-27)28-12-7-4-8-13-28)23-21-30(38(32)2)24-37-33(40)20-17-26-15-18-29(35)19-16-26/h3-8,10-13,15-20,30-32,36H,9,14,21-25H2,1-2H3,(H,37,40)/b20-17+. The second kappa shape index (κ2) is 15.3. The molecule has 7 heteroatoms. The van der Waals surface area contributed by atoms with E-state index >= 15 is 0 Å². The second-order valence-corrected chi connectivity index (χ2v) is 10.7. The Labute approximate surface area is 243 Å². The van der Waals surface area contributed by atoms with Crippen molar-refractivity contribution in [2.75, 3.05) is 40.3 Å². The summed E-state index contributed by atoms with van der Waals surface area (Å²) in [5.41, 5.74) is 3.13. The summed E-state index contributed by atoms with van der Waals surface area (Å²) < 4.78 is 13.2. The number of nitrogens with one attached hydrogen (secondary N) is 2. The second-order valence-electron chi connectivity index (χ2n) is 10.7. The Bertz CT molecular complexity index is 1230. The lowest BCUT2D eigenvalue weighted by molar-refractivity contribution is -0.135. The molecular formula is C34H41FN4O2. The first-order valence-electron chi connectivity index (χ1n) is 14.4. The smallest absolute Gasteiger partial charge is 0.244 e. The van der Waals surface area contributed by atoms with Gasteiger partial charge in [-0.25, -0.2) is 4.39 Å².